The Balaban J connectivity index is 1.91. The summed E-state index contributed by atoms with van der Waals surface area (Å²) in [6, 6.07) is 12.6. The van der Waals surface area contributed by atoms with Crippen molar-refractivity contribution in [1.82, 2.24) is 20.0 Å². The van der Waals surface area contributed by atoms with Crippen molar-refractivity contribution in [2.75, 3.05) is 0 Å². The summed E-state index contributed by atoms with van der Waals surface area (Å²) in [6.45, 7) is 2.04. The van der Waals surface area contributed by atoms with E-state index in [1.165, 1.54) is 12.1 Å². The number of carbonyl (C=O) groups excluding carboxylic acids is 2. The lowest BCUT2D eigenvalue weighted by Gasteiger charge is -2.13. The minimum Gasteiger partial charge on any atom is -0.366 e. The Labute approximate surface area is 181 Å². The van der Waals surface area contributed by atoms with E-state index < -0.39 is 17.6 Å². The number of nitriles is 1. The van der Waals surface area contributed by atoms with Crippen LogP contribution >= 0.6 is 0 Å². The summed E-state index contributed by atoms with van der Waals surface area (Å²) >= 11 is 0. The lowest BCUT2D eigenvalue weighted by Crippen LogP contribution is -2.21. The molecule has 0 spiro atoms. The number of benzene rings is 2. The smallest absolute Gasteiger partial charge is 0.268 e. The quantitative estimate of drug-likeness (QED) is 0.495. The monoisotopic (exact) mass is 429 g/mol. The Hall–Kier alpha value is -4.65. The van der Waals surface area contributed by atoms with Gasteiger partial charge in [0.05, 0.1) is 35.0 Å². The molecule has 0 fully saturated rings. The van der Waals surface area contributed by atoms with Crippen LogP contribution in [-0.4, -0.2) is 31.8 Å². The number of nitrogens with two attached hydrogens (primary N) is 2. The van der Waals surface area contributed by atoms with Gasteiger partial charge in [0.1, 0.15) is 17.2 Å². The molecule has 2 aromatic heterocycles. The van der Waals surface area contributed by atoms with Crippen LogP contribution in [0.3, 0.4) is 0 Å². The predicted octanol–water partition coefficient (Wildman–Crippen LogP) is 2.06. The predicted molar refractivity (Wildman–Crippen MR) is 113 cm³/mol. The average molecular weight is 429 g/mol. The van der Waals surface area contributed by atoms with Gasteiger partial charge in [0, 0.05) is 17.0 Å². The van der Waals surface area contributed by atoms with Gasteiger partial charge in [-0.1, -0.05) is 17.3 Å². The van der Waals surface area contributed by atoms with Crippen molar-refractivity contribution in [3.63, 3.8) is 0 Å². The second kappa shape index (κ2) is 7.88. The summed E-state index contributed by atoms with van der Waals surface area (Å²) in [4.78, 5) is 28.8. The Morgan fingerprint density at radius 1 is 1.12 bits per heavy atom. The molecule has 2 heterocycles. The fourth-order valence-electron chi connectivity index (χ4n) is 3.50. The van der Waals surface area contributed by atoms with Crippen molar-refractivity contribution in [2.45, 2.75) is 13.5 Å². The van der Waals surface area contributed by atoms with Gasteiger partial charge in [0.25, 0.3) is 5.91 Å². The van der Waals surface area contributed by atoms with E-state index in [0.717, 1.165) is 11.6 Å². The molecular formula is C22H16FN7O2. The highest BCUT2D eigenvalue weighted by Crippen LogP contribution is 2.33. The molecule has 0 aliphatic carbocycles. The molecule has 0 saturated heterocycles. The summed E-state index contributed by atoms with van der Waals surface area (Å²) < 4.78 is 15.3. The van der Waals surface area contributed by atoms with Gasteiger partial charge in [-0.25, -0.2) is 14.1 Å². The van der Waals surface area contributed by atoms with Gasteiger partial charge in [0.15, 0.2) is 0 Å². The van der Waals surface area contributed by atoms with Crippen molar-refractivity contribution in [1.29, 1.82) is 5.26 Å². The minimum absolute atomic E-state index is 0.0441. The number of halogens is 1. The van der Waals surface area contributed by atoms with Gasteiger partial charge >= 0.3 is 0 Å². The van der Waals surface area contributed by atoms with Crippen molar-refractivity contribution < 1.29 is 14.0 Å². The number of amides is 2. The van der Waals surface area contributed by atoms with Crippen LogP contribution in [0.5, 0.6) is 0 Å². The molecule has 0 radical (unpaired) electrons. The van der Waals surface area contributed by atoms with Gasteiger partial charge in [0.2, 0.25) is 5.91 Å². The van der Waals surface area contributed by atoms with E-state index in [4.69, 9.17) is 16.7 Å². The zero-order valence-corrected chi connectivity index (χ0v) is 16.8. The van der Waals surface area contributed by atoms with Gasteiger partial charge in [-0.3, -0.25) is 9.59 Å². The Morgan fingerprint density at radius 2 is 1.84 bits per heavy atom. The fraction of sp³-hybridized carbons (Fsp3) is 0.0909. The fourth-order valence-corrected chi connectivity index (χ4v) is 3.50. The number of carbonyl (C=O) groups is 2. The first-order chi connectivity index (χ1) is 15.3. The third-order valence-electron chi connectivity index (χ3n) is 5.06. The molecule has 9 nitrogen and oxygen atoms in total. The highest BCUT2D eigenvalue weighted by atomic mass is 19.1. The van der Waals surface area contributed by atoms with E-state index in [-0.39, 0.29) is 33.4 Å². The highest BCUT2D eigenvalue weighted by Gasteiger charge is 2.27. The maximum atomic E-state index is 13.7. The summed E-state index contributed by atoms with van der Waals surface area (Å²) in [5.41, 5.74) is 13.1. The molecule has 10 heteroatoms. The number of pyridine rings is 1. The van der Waals surface area contributed by atoms with Crippen molar-refractivity contribution in [2.24, 2.45) is 11.5 Å². The van der Waals surface area contributed by atoms with Gasteiger partial charge < -0.3 is 11.5 Å². The average Bonchev–Trinajstić information content (AvgIpc) is 3.12. The molecule has 0 unspecified atom stereocenters. The van der Waals surface area contributed by atoms with Crippen molar-refractivity contribution in [3.8, 4) is 17.3 Å². The Morgan fingerprint density at radius 3 is 2.47 bits per heavy atom. The second-order valence-electron chi connectivity index (χ2n) is 7.09. The number of aromatic nitrogens is 4. The van der Waals surface area contributed by atoms with Crippen LogP contribution < -0.4 is 11.5 Å². The lowest BCUT2D eigenvalue weighted by atomic mass is 9.96. The topological polar surface area (TPSA) is 154 Å². The van der Waals surface area contributed by atoms with Crippen LogP contribution in [0.2, 0.25) is 0 Å². The molecular weight excluding hydrogens is 413 g/mol. The number of hydrogen-bond acceptors (Lipinski definition) is 6. The van der Waals surface area contributed by atoms with Crippen LogP contribution in [0.4, 0.5) is 4.39 Å². The SMILES string of the molecule is Cc1c(-c2c(C(N)=O)nc3cc(F)ccc3c2C(N)=O)nnn1Cc1ccc(C#N)cc1. The number of fused-ring (bicyclic) bond motifs is 1. The van der Waals surface area contributed by atoms with Crippen LogP contribution in [-0.2, 0) is 6.54 Å². The Kier molecular flexibility index (Phi) is 5.08. The molecule has 4 N–H and O–H groups in total. The zero-order valence-electron chi connectivity index (χ0n) is 16.8. The molecule has 0 saturated carbocycles. The molecule has 158 valence electrons. The zero-order chi connectivity index (χ0) is 23.0. The summed E-state index contributed by atoms with van der Waals surface area (Å²) in [6.07, 6.45) is 0. The van der Waals surface area contributed by atoms with Gasteiger partial charge in [-0.05, 0) is 36.8 Å². The first kappa shape index (κ1) is 20.6. The third kappa shape index (κ3) is 3.52. The molecule has 0 aliphatic heterocycles. The van der Waals surface area contributed by atoms with Crippen molar-refractivity contribution >= 4 is 22.7 Å². The van der Waals surface area contributed by atoms with E-state index in [2.05, 4.69) is 21.4 Å². The normalized spacial score (nSPS) is 10.8. The molecule has 0 bridgehead atoms. The van der Waals surface area contributed by atoms with Crippen LogP contribution in [0.15, 0.2) is 42.5 Å². The van der Waals surface area contributed by atoms with Gasteiger partial charge in [-0.2, -0.15) is 5.26 Å². The van der Waals surface area contributed by atoms with Crippen LogP contribution in [0.1, 0.15) is 37.7 Å². The van der Waals surface area contributed by atoms with Crippen molar-refractivity contribution in [3.05, 3.63) is 76.4 Å². The lowest BCUT2D eigenvalue weighted by molar-refractivity contribution is 0.0996. The number of rotatable bonds is 5. The molecule has 4 rings (SSSR count). The molecule has 32 heavy (non-hydrogen) atoms. The summed E-state index contributed by atoms with van der Waals surface area (Å²) in [5, 5.41) is 17.5. The van der Waals surface area contributed by atoms with Crippen LogP contribution in [0.25, 0.3) is 22.2 Å². The Bertz CT molecular complexity index is 1440. The number of nitrogens with zero attached hydrogens (tertiary/aromatic N) is 5. The second-order valence-corrected chi connectivity index (χ2v) is 7.09. The third-order valence-corrected chi connectivity index (χ3v) is 5.06. The van der Waals surface area contributed by atoms with E-state index in [1.807, 2.05) is 0 Å². The minimum atomic E-state index is -0.922. The maximum Gasteiger partial charge on any atom is 0.268 e. The molecule has 0 atom stereocenters. The molecule has 0 aliphatic rings. The van der Waals surface area contributed by atoms with E-state index in [9.17, 15) is 14.0 Å². The molecule has 2 amide bonds. The largest absolute Gasteiger partial charge is 0.366 e. The maximum absolute atomic E-state index is 13.7. The number of primary amides is 2. The molecule has 4 aromatic rings. The molecule has 2 aromatic carbocycles. The van der Waals surface area contributed by atoms with E-state index in [0.29, 0.717) is 17.8 Å². The first-order valence-electron chi connectivity index (χ1n) is 9.42. The summed E-state index contributed by atoms with van der Waals surface area (Å²) in [7, 11) is 0. The van der Waals surface area contributed by atoms with E-state index in [1.54, 1.807) is 35.9 Å². The van der Waals surface area contributed by atoms with E-state index >= 15 is 0 Å². The summed E-state index contributed by atoms with van der Waals surface area (Å²) in [5.74, 6) is -2.36. The highest BCUT2D eigenvalue weighted by molar-refractivity contribution is 6.15. The standard InChI is InChI=1S/C22H16FN7O2/c1-11-19(28-29-30(11)10-13-4-2-12(9-24)3-5-13)18-17(21(25)31)15-7-6-14(23)8-16(15)27-20(18)22(26)32/h2-8H,10H2,1H3,(H2,25,31)(H2,26,32). The first-order valence-corrected chi connectivity index (χ1v) is 9.42. The van der Waals surface area contributed by atoms with Gasteiger partial charge in [-0.15, -0.1) is 5.10 Å². The number of hydrogen-bond donors (Lipinski definition) is 2. The van der Waals surface area contributed by atoms with Crippen LogP contribution in [0, 0.1) is 24.1 Å².